The third-order valence-electron chi connectivity index (χ3n) is 6.63. The van der Waals surface area contributed by atoms with Crippen LogP contribution in [0.2, 0.25) is 0 Å². The number of nitrogens with zero attached hydrogens (tertiary/aromatic N) is 6. The summed E-state index contributed by atoms with van der Waals surface area (Å²) in [4.78, 5) is 18.6. The summed E-state index contributed by atoms with van der Waals surface area (Å²) >= 11 is 0. The normalized spacial score (nSPS) is 10.7. The molecule has 0 aliphatic carbocycles. The van der Waals surface area contributed by atoms with Crippen LogP contribution in [0.25, 0.3) is 22.5 Å². The summed E-state index contributed by atoms with van der Waals surface area (Å²) in [7, 11) is 0. The van der Waals surface area contributed by atoms with Crippen molar-refractivity contribution in [3.63, 3.8) is 0 Å². The van der Waals surface area contributed by atoms with Crippen LogP contribution in [0, 0.1) is 18.3 Å². The van der Waals surface area contributed by atoms with Crippen molar-refractivity contribution in [2.45, 2.75) is 46.1 Å². The fourth-order valence-corrected chi connectivity index (χ4v) is 4.59. The topological polar surface area (TPSA) is 126 Å². The molecule has 1 radical (unpaired) electrons. The molecule has 0 saturated heterocycles. The summed E-state index contributed by atoms with van der Waals surface area (Å²) in [5.41, 5.74) is 5.73. The van der Waals surface area contributed by atoms with Crippen LogP contribution >= 0.6 is 0 Å². The van der Waals surface area contributed by atoms with Crippen molar-refractivity contribution < 1.29 is 4.42 Å². The van der Waals surface area contributed by atoms with Crippen molar-refractivity contribution in [3.8, 4) is 28.6 Å². The Hall–Kier alpha value is -3.84. The standard InChI is InChI=1S/C29H27N7O2.Na/c1-3-4-9-26-25(29(37)36(19(2)31-26)18-27-22(17-30)14-15-38-27)16-20-10-12-21(13-11-20)23-7-5-6-8-24(23)28-32-34-35-33-28;/h5-8,10-15H,3-4,9,16,18H2,1-2H3,(H,32,33,34,35);. The van der Waals surface area contributed by atoms with Crippen LogP contribution in [0.5, 0.6) is 0 Å². The SMILES string of the molecule is CCCCc1nc(C)n(Cc2occc2C#N)c(=O)c1Cc1ccc(-c2ccccc2-c2nn[nH]n2)cc1.[Na]. The number of hydrogen-bond donors (Lipinski definition) is 1. The molecule has 1 N–H and O–H groups in total. The van der Waals surface area contributed by atoms with Gasteiger partial charge in [-0.25, -0.2) is 4.98 Å². The Morgan fingerprint density at radius 1 is 1.08 bits per heavy atom. The van der Waals surface area contributed by atoms with Gasteiger partial charge in [0.15, 0.2) is 0 Å². The van der Waals surface area contributed by atoms with Crippen molar-refractivity contribution in [2.75, 3.05) is 0 Å². The number of tetrazole rings is 1. The van der Waals surface area contributed by atoms with Gasteiger partial charge in [-0.1, -0.05) is 61.9 Å². The minimum Gasteiger partial charge on any atom is -0.466 e. The second-order valence-electron chi connectivity index (χ2n) is 9.10. The Balaban J connectivity index is 0.00000353. The van der Waals surface area contributed by atoms with E-state index in [-0.39, 0.29) is 41.7 Å². The molecular formula is C29H27N7NaO2. The average molecular weight is 529 g/mol. The van der Waals surface area contributed by atoms with Crippen LogP contribution in [0.4, 0.5) is 0 Å². The van der Waals surface area contributed by atoms with Gasteiger partial charge >= 0.3 is 0 Å². The zero-order valence-electron chi connectivity index (χ0n) is 22.3. The molecule has 0 atom stereocenters. The van der Waals surface area contributed by atoms with Gasteiger partial charge in [-0.05, 0) is 47.7 Å². The molecule has 191 valence electrons. The molecule has 3 aromatic heterocycles. The summed E-state index contributed by atoms with van der Waals surface area (Å²) in [5.74, 6) is 1.60. The van der Waals surface area contributed by atoms with Gasteiger partial charge in [0, 0.05) is 47.1 Å². The van der Waals surface area contributed by atoms with Gasteiger partial charge < -0.3 is 4.42 Å². The van der Waals surface area contributed by atoms with Crippen LogP contribution in [0.1, 0.15) is 53.7 Å². The monoisotopic (exact) mass is 528 g/mol. The predicted octanol–water partition coefficient (Wildman–Crippen LogP) is 4.46. The minimum atomic E-state index is -0.101. The smallest absolute Gasteiger partial charge is 0.257 e. The van der Waals surface area contributed by atoms with Crippen LogP contribution in [-0.2, 0) is 19.4 Å². The van der Waals surface area contributed by atoms with Crippen molar-refractivity contribution in [1.82, 2.24) is 30.2 Å². The molecule has 0 bridgehead atoms. The zero-order valence-corrected chi connectivity index (χ0v) is 24.3. The van der Waals surface area contributed by atoms with Crippen molar-refractivity contribution in [3.05, 3.63) is 105 Å². The van der Waals surface area contributed by atoms with E-state index in [1.54, 1.807) is 10.6 Å². The number of unbranched alkanes of at least 4 members (excludes halogenated alkanes) is 1. The molecule has 3 heterocycles. The Labute approximate surface area is 248 Å². The van der Waals surface area contributed by atoms with Crippen LogP contribution < -0.4 is 5.56 Å². The second kappa shape index (κ2) is 12.8. The van der Waals surface area contributed by atoms with E-state index >= 15 is 0 Å². The number of aromatic amines is 1. The number of benzene rings is 2. The predicted molar refractivity (Wildman–Crippen MR) is 148 cm³/mol. The van der Waals surface area contributed by atoms with Crippen LogP contribution in [0.3, 0.4) is 0 Å². The van der Waals surface area contributed by atoms with E-state index in [4.69, 9.17) is 9.40 Å². The Morgan fingerprint density at radius 3 is 2.54 bits per heavy atom. The maximum absolute atomic E-state index is 13.7. The summed E-state index contributed by atoms with van der Waals surface area (Å²) in [5, 5.41) is 23.8. The van der Waals surface area contributed by atoms with Gasteiger partial charge in [-0.15, -0.1) is 10.2 Å². The maximum atomic E-state index is 13.7. The first-order valence-corrected chi connectivity index (χ1v) is 12.6. The van der Waals surface area contributed by atoms with Gasteiger partial charge in [0.2, 0.25) is 5.82 Å². The van der Waals surface area contributed by atoms with E-state index in [0.717, 1.165) is 47.2 Å². The summed E-state index contributed by atoms with van der Waals surface area (Å²) in [6, 6.07) is 19.8. The maximum Gasteiger partial charge on any atom is 0.257 e. The van der Waals surface area contributed by atoms with Gasteiger partial charge in [-0.3, -0.25) is 9.36 Å². The molecule has 5 rings (SSSR count). The summed E-state index contributed by atoms with van der Waals surface area (Å²) < 4.78 is 7.09. The molecule has 0 spiro atoms. The Morgan fingerprint density at radius 2 is 1.85 bits per heavy atom. The quantitative estimate of drug-likeness (QED) is 0.280. The van der Waals surface area contributed by atoms with Gasteiger partial charge in [0.25, 0.3) is 5.56 Å². The van der Waals surface area contributed by atoms with Gasteiger partial charge in [-0.2, -0.15) is 10.5 Å². The molecule has 10 heteroatoms. The first kappa shape index (κ1) is 28.2. The van der Waals surface area contributed by atoms with Gasteiger partial charge in [0.05, 0.1) is 24.1 Å². The Bertz CT molecular complexity index is 1650. The average Bonchev–Trinajstić information content (AvgIpc) is 3.64. The molecule has 9 nitrogen and oxygen atoms in total. The van der Waals surface area contributed by atoms with Crippen LogP contribution in [0.15, 0.2) is 70.1 Å². The number of aryl methyl sites for hydroxylation is 2. The molecule has 2 aromatic carbocycles. The van der Waals surface area contributed by atoms with Crippen molar-refractivity contribution in [1.29, 1.82) is 5.26 Å². The zero-order chi connectivity index (χ0) is 26.5. The fourth-order valence-electron chi connectivity index (χ4n) is 4.59. The molecule has 0 unspecified atom stereocenters. The van der Waals surface area contributed by atoms with Crippen LogP contribution in [-0.4, -0.2) is 59.7 Å². The molecule has 0 fully saturated rings. The number of nitrogens with one attached hydrogen (secondary N) is 1. The van der Waals surface area contributed by atoms with Crippen molar-refractivity contribution in [2.24, 2.45) is 0 Å². The number of hydrogen-bond acceptors (Lipinski definition) is 7. The molecule has 0 aliphatic heterocycles. The molecule has 5 aromatic rings. The van der Waals surface area contributed by atoms with E-state index in [2.05, 4.69) is 33.6 Å². The third kappa shape index (κ3) is 6.09. The van der Waals surface area contributed by atoms with E-state index in [9.17, 15) is 10.1 Å². The second-order valence-corrected chi connectivity index (χ2v) is 9.10. The molecule has 39 heavy (non-hydrogen) atoms. The molecule has 0 amide bonds. The number of furan rings is 1. The summed E-state index contributed by atoms with van der Waals surface area (Å²) in [6.07, 6.45) is 4.63. The van der Waals surface area contributed by atoms with E-state index in [1.807, 2.05) is 55.5 Å². The minimum absolute atomic E-state index is 0. The molecule has 0 saturated carbocycles. The number of aromatic nitrogens is 6. The first-order valence-electron chi connectivity index (χ1n) is 12.6. The van der Waals surface area contributed by atoms with Gasteiger partial charge in [0.1, 0.15) is 17.7 Å². The number of H-pyrrole nitrogens is 1. The first-order chi connectivity index (χ1) is 18.6. The number of rotatable bonds is 9. The van der Waals surface area contributed by atoms with Crippen molar-refractivity contribution >= 4 is 29.6 Å². The molecule has 0 aliphatic rings. The van der Waals surface area contributed by atoms with E-state index in [1.165, 1.54) is 6.26 Å². The number of nitriles is 1. The fraction of sp³-hybridized carbons (Fsp3) is 0.241. The third-order valence-corrected chi connectivity index (χ3v) is 6.63. The molecular weight excluding hydrogens is 501 g/mol. The largest absolute Gasteiger partial charge is 0.466 e. The summed E-state index contributed by atoms with van der Waals surface area (Å²) in [6.45, 7) is 4.12. The van der Waals surface area contributed by atoms with E-state index in [0.29, 0.717) is 35.0 Å². The Kier molecular flexibility index (Phi) is 9.25. The van der Waals surface area contributed by atoms with E-state index < -0.39 is 0 Å².